The molecule has 0 spiro atoms. The van der Waals surface area contributed by atoms with E-state index in [9.17, 15) is 5.41 Å². The van der Waals surface area contributed by atoms with Gasteiger partial charge in [0.25, 0.3) is 0 Å². The van der Waals surface area contributed by atoms with Crippen LogP contribution in [-0.2, 0) is 76.2 Å². The van der Waals surface area contributed by atoms with Gasteiger partial charge in [0.1, 0.15) is 0 Å². The zero-order valence-corrected chi connectivity index (χ0v) is 44.5. The Hall–Kier alpha value is -0.142. The Balaban J connectivity index is -0.000000292. The minimum absolute atomic E-state index is 0. The van der Waals surface area contributed by atoms with Gasteiger partial charge in [0.05, 0.1) is 0 Å². The zero-order chi connectivity index (χ0) is 40.5. The van der Waals surface area contributed by atoms with Gasteiger partial charge in [-0.15, -0.1) is 16.2 Å². The number of allylic oxidation sites excluding steroid dienone is 9. The fraction of sp³-hybridized carbons (Fsp3) is 0.688. The standard InChI is InChI=1S/C13H22.C12H21N.C12H20.C11H19N.2Y/c1-12(2,3)10-7-8-11(9-10)13(4,5)6;1-11(2,3)9-7-10(13-8-9)12(4,5)6;1-10(12(5,6)7)8-9-11(2,3)4;1-10(2,3)8-7-9(12)11(4,5)6;;/h7,9H,8H2,1-6H3;7-8,13H,1-6H3;1,8H,2-7H3;7H,1-6H3;;/q;;2*-2;;. The Morgan fingerprint density at radius 2 is 1.04 bits per heavy atom. The molecule has 4 heteroatoms. The van der Waals surface area contributed by atoms with Crippen molar-refractivity contribution in [3.63, 3.8) is 0 Å². The van der Waals surface area contributed by atoms with Crippen molar-refractivity contribution < 1.29 is 65.4 Å². The Kier molecular flexibility index (Phi) is 24.7. The summed E-state index contributed by atoms with van der Waals surface area (Å²) in [7, 11) is 0. The second-order valence-electron chi connectivity index (χ2n) is 22.3. The first kappa shape index (κ1) is 58.6. The van der Waals surface area contributed by atoms with Crippen LogP contribution >= 0.6 is 0 Å². The van der Waals surface area contributed by atoms with Crippen LogP contribution in [0.5, 0.6) is 0 Å². The molecular formula is C48H82N2Y2-4. The van der Waals surface area contributed by atoms with Crippen LogP contribution < -0.4 is 0 Å². The largest absolute Gasteiger partial charge is 0.908 e. The maximum atomic E-state index is 9.55. The molecule has 1 heterocycles. The molecule has 2 nitrogen and oxygen atoms in total. The van der Waals surface area contributed by atoms with Crippen LogP contribution in [0.2, 0.25) is 0 Å². The second kappa shape index (κ2) is 22.0. The van der Waals surface area contributed by atoms with Gasteiger partial charge in [-0.2, -0.15) is 0 Å². The molecule has 0 aromatic carbocycles. The number of aromatic nitrogens is 1. The Morgan fingerprint density at radius 3 is 1.27 bits per heavy atom. The molecule has 1 aliphatic carbocycles. The summed E-state index contributed by atoms with van der Waals surface area (Å²) >= 11 is 0. The first-order valence-corrected chi connectivity index (χ1v) is 18.7. The third kappa shape index (κ3) is 27.4. The molecule has 1 aromatic heterocycles. The third-order valence-electron chi connectivity index (χ3n) is 8.00. The fourth-order valence-electron chi connectivity index (χ4n) is 3.84. The molecule has 1 aliphatic rings. The molecule has 0 aliphatic heterocycles. The molecule has 0 fully saturated rings. The van der Waals surface area contributed by atoms with Crippen LogP contribution in [-0.4, -0.2) is 10.7 Å². The maximum absolute atomic E-state index is 9.55. The minimum Gasteiger partial charge on any atom is -0.908 e. The van der Waals surface area contributed by atoms with Crippen molar-refractivity contribution in [2.75, 3.05) is 0 Å². The molecule has 0 bridgehead atoms. The molecule has 0 saturated carbocycles. The molecule has 52 heavy (non-hydrogen) atoms. The van der Waals surface area contributed by atoms with Crippen molar-refractivity contribution in [3.8, 4) is 0 Å². The SMILES string of the molecule is CC(C)(C)C1=CCC(C(C)(C)C)=C1.CC(C)(C)[C-]=CC(=[N-])C(C)(C)C.CC(C)(C)c1c[nH]c(C(C)(C)C)c1.[CH-]=C(C=[C-]C(C)(C)C)C(C)(C)C.[Y].[Y]. The zero-order valence-electron chi connectivity index (χ0n) is 38.9. The normalized spacial score (nSPS) is 14.4. The summed E-state index contributed by atoms with van der Waals surface area (Å²) in [4.78, 5) is 3.35. The van der Waals surface area contributed by atoms with Gasteiger partial charge in [0.15, 0.2) is 0 Å². The number of nitrogens with one attached hydrogen (secondary N) is 1. The quantitative estimate of drug-likeness (QED) is 0.175. The van der Waals surface area contributed by atoms with E-state index < -0.39 is 0 Å². The van der Waals surface area contributed by atoms with E-state index in [1.807, 2.05) is 26.8 Å². The molecule has 1 N–H and O–H groups in total. The fourth-order valence-corrected chi connectivity index (χ4v) is 3.84. The van der Waals surface area contributed by atoms with E-state index in [0.717, 1.165) is 12.0 Å². The van der Waals surface area contributed by atoms with Crippen LogP contribution in [0.1, 0.15) is 184 Å². The molecular weight excluding hydrogens is 782 g/mol. The van der Waals surface area contributed by atoms with Gasteiger partial charge in [-0.3, -0.25) is 12.2 Å². The van der Waals surface area contributed by atoms with Gasteiger partial charge in [-0.05, 0) is 39.9 Å². The van der Waals surface area contributed by atoms with Gasteiger partial charge in [-0.25, -0.2) is 0 Å². The first-order valence-electron chi connectivity index (χ1n) is 18.7. The minimum atomic E-state index is -0.168. The average molecular weight is 865 g/mol. The molecule has 294 valence electrons. The van der Waals surface area contributed by atoms with E-state index in [4.69, 9.17) is 6.58 Å². The number of aromatic amines is 1. The monoisotopic (exact) mass is 864 g/mol. The molecule has 2 rings (SSSR count). The Morgan fingerprint density at radius 1 is 0.615 bits per heavy atom. The Bertz CT molecular complexity index is 1260. The van der Waals surface area contributed by atoms with Crippen LogP contribution in [0.25, 0.3) is 5.41 Å². The third-order valence-corrected chi connectivity index (χ3v) is 8.00. The van der Waals surface area contributed by atoms with Crippen LogP contribution in [0.4, 0.5) is 0 Å². The number of hydrogen-bond acceptors (Lipinski definition) is 0. The summed E-state index contributed by atoms with van der Waals surface area (Å²) in [5.74, 6) is 0. The van der Waals surface area contributed by atoms with Crippen molar-refractivity contribution in [1.82, 2.24) is 4.98 Å². The molecule has 1 aromatic rings. The van der Waals surface area contributed by atoms with Crippen LogP contribution in [0.3, 0.4) is 0 Å². The van der Waals surface area contributed by atoms with Crippen molar-refractivity contribution in [2.24, 2.45) is 32.5 Å². The summed E-state index contributed by atoms with van der Waals surface area (Å²) in [6, 6.07) is 2.28. The number of rotatable bonds is 2. The maximum Gasteiger partial charge on any atom is 0.0204 e. The molecule has 2 radical (unpaired) electrons. The molecule has 0 unspecified atom stereocenters. The number of H-pyrrole nitrogens is 1. The summed E-state index contributed by atoms with van der Waals surface area (Å²) in [6.45, 7) is 57.7. The number of hydrogen-bond donors (Lipinski definition) is 1. The van der Waals surface area contributed by atoms with E-state index in [1.54, 1.807) is 11.6 Å². The summed E-state index contributed by atoms with van der Waals surface area (Å²) in [5, 5.41) is 9.55. The van der Waals surface area contributed by atoms with E-state index >= 15 is 0 Å². The van der Waals surface area contributed by atoms with Gasteiger partial charge in [0.2, 0.25) is 0 Å². The van der Waals surface area contributed by atoms with E-state index in [1.165, 1.54) is 16.8 Å². The van der Waals surface area contributed by atoms with E-state index in [2.05, 4.69) is 187 Å². The molecule has 0 saturated heterocycles. The van der Waals surface area contributed by atoms with Gasteiger partial charge in [-0.1, -0.05) is 189 Å². The summed E-state index contributed by atoms with van der Waals surface area (Å²) < 4.78 is 0. The van der Waals surface area contributed by atoms with Gasteiger partial charge >= 0.3 is 0 Å². The van der Waals surface area contributed by atoms with Gasteiger partial charge in [0, 0.05) is 82.7 Å². The van der Waals surface area contributed by atoms with Crippen LogP contribution in [0.15, 0.2) is 53.3 Å². The van der Waals surface area contributed by atoms with Crippen LogP contribution in [0, 0.1) is 51.2 Å². The first-order chi connectivity index (χ1) is 21.7. The summed E-state index contributed by atoms with van der Waals surface area (Å²) in [5.41, 5.74) is 8.16. The summed E-state index contributed by atoms with van der Waals surface area (Å²) in [6.07, 6.45) is 18.0. The van der Waals surface area contributed by atoms with Gasteiger partial charge < -0.3 is 40.4 Å². The topological polar surface area (TPSA) is 38.1 Å². The number of nitrogens with zero attached hydrogens (tertiary/aromatic N) is 1. The smallest absolute Gasteiger partial charge is 0.0204 e. The molecule has 0 atom stereocenters. The van der Waals surface area contributed by atoms with Crippen molar-refractivity contribution in [2.45, 2.75) is 183 Å². The van der Waals surface area contributed by atoms with E-state index in [0.29, 0.717) is 16.5 Å². The van der Waals surface area contributed by atoms with Crippen molar-refractivity contribution >= 4 is 5.71 Å². The van der Waals surface area contributed by atoms with E-state index in [-0.39, 0.29) is 97.9 Å². The second-order valence-corrected chi connectivity index (χ2v) is 22.3. The predicted octanol–water partition coefficient (Wildman–Crippen LogP) is 15.2. The Labute approximate surface area is 377 Å². The van der Waals surface area contributed by atoms with Crippen molar-refractivity contribution in [1.29, 1.82) is 0 Å². The average Bonchev–Trinajstić information content (AvgIpc) is 3.55. The molecule has 0 amide bonds. The van der Waals surface area contributed by atoms with Crippen molar-refractivity contribution in [3.05, 3.63) is 88.7 Å². The predicted molar refractivity (Wildman–Crippen MR) is 228 cm³/mol.